The molecule has 3 aromatic rings. The molecule has 0 radical (unpaired) electrons. The number of ketones is 2. The van der Waals surface area contributed by atoms with E-state index in [2.05, 4.69) is 5.32 Å². The molecule has 190 valence electrons. The number of hydrogen-bond acceptors (Lipinski definition) is 7. The second-order valence-electron chi connectivity index (χ2n) is 8.90. The Bertz CT molecular complexity index is 1630. The van der Waals surface area contributed by atoms with Crippen molar-refractivity contribution in [1.29, 1.82) is 0 Å². The Kier molecular flexibility index (Phi) is 5.44. The third-order valence-corrected chi connectivity index (χ3v) is 7.05. The molecule has 0 aromatic heterocycles. The van der Waals surface area contributed by atoms with E-state index in [9.17, 15) is 28.3 Å². The molecule has 3 heterocycles. The first-order chi connectivity index (χ1) is 18.2. The van der Waals surface area contributed by atoms with Crippen LogP contribution in [0.25, 0.3) is 0 Å². The van der Waals surface area contributed by atoms with E-state index in [1.807, 2.05) is 0 Å². The summed E-state index contributed by atoms with van der Waals surface area (Å²) in [6.07, 6.45) is 0. The average molecular weight is 535 g/mol. The Morgan fingerprint density at radius 1 is 1.03 bits per heavy atom. The normalized spacial score (nSPS) is 22.3. The van der Waals surface area contributed by atoms with Crippen LogP contribution >= 0.6 is 11.6 Å². The molecule has 10 heteroatoms. The molecule has 0 bridgehead atoms. The van der Waals surface area contributed by atoms with Gasteiger partial charge >= 0.3 is 5.97 Å². The number of rotatable bonds is 3. The number of carbonyl (C=O) groups is 3. The summed E-state index contributed by atoms with van der Waals surface area (Å²) in [6.45, 7) is 0.418. The maximum atomic E-state index is 14.4. The molecule has 3 aliphatic rings. The van der Waals surface area contributed by atoms with E-state index in [1.54, 1.807) is 12.1 Å². The van der Waals surface area contributed by atoms with Gasteiger partial charge in [0.25, 0.3) is 0 Å². The number of ether oxygens (including phenoxy) is 1. The maximum absolute atomic E-state index is 14.4. The summed E-state index contributed by atoms with van der Waals surface area (Å²) in [5.74, 6) is -4.75. The van der Waals surface area contributed by atoms with Crippen LogP contribution in [-0.2, 0) is 10.5 Å². The van der Waals surface area contributed by atoms with Gasteiger partial charge in [-0.1, -0.05) is 29.8 Å². The minimum Gasteiger partial charge on any atom is -0.422 e. The minimum atomic E-state index is -2.39. The van der Waals surface area contributed by atoms with Gasteiger partial charge in [-0.15, -0.1) is 0 Å². The van der Waals surface area contributed by atoms with Crippen LogP contribution in [0.2, 0.25) is 5.02 Å². The van der Waals surface area contributed by atoms with Crippen LogP contribution in [0.5, 0.6) is 5.75 Å². The van der Waals surface area contributed by atoms with Crippen LogP contribution in [0.4, 0.5) is 8.78 Å². The van der Waals surface area contributed by atoms with Gasteiger partial charge in [-0.25, -0.2) is 13.6 Å². The van der Waals surface area contributed by atoms with E-state index in [0.717, 1.165) is 18.2 Å². The van der Waals surface area contributed by atoms with E-state index in [4.69, 9.17) is 16.3 Å². The lowest BCUT2D eigenvalue weighted by Gasteiger charge is -2.36. The van der Waals surface area contributed by atoms with E-state index >= 15 is 0 Å². The van der Waals surface area contributed by atoms with Crippen molar-refractivity contribution in [3.63, 3.8) is 0 Å². The lowest BCUT2D eigenvalue weighted by Crippen LogP contribution is -2.44. The van der Waals surface area contributed by atoms with Crippen LogP contribution in [-0.4, -0.2) is 40.6 Å². The molecular weight excluding hydrogens is 518 g/mol. The van der Waals surface area contributed by atoms with Crippen molar-refractivity contribution in [2.24, 2.45) is 0 Å². The number of fused-ring (bicyclic) bond motifs is 2. The molecule has 0 spiro atoms. The zero-order chi connectivity index (χ0) is 26.8. The molecule has 3 aliphatic heterocycles. The smallest absolute Gasteiger partial charge is 0.348 e. The fraction of sp³-hybridized carbons (Fsp3) is 0.107. The van der Waals surface area contributed by atoms with Crippen LogP contribution < -0.4 is 10.1 Å². The molecule has 0 aliphatic carbocycles. The van der Waals surface area contributed by atoms with Gasteiger partial charge in [-0.3, -0.25) is 9.59 Å². The topological polar surface area (TPSA) is 95.9 Å². The van der Waals surface area contributed by atoms with Gasteiger partial charge in [-0.05, 0) is 48.5 Å². The van der Waals surface area contributed by atoms with E-state index < -0.39 is 40.5 Å². The summed E-state index contributed by atoms with van der Waals surface area (Å²) in [4.78, 5) is 42.4. The molecule has 0 amide bonds. The number of esters is 1. The van der Waals surface area contributed by atoms with Gasteiger partial charge in [0.05, 0.1) is 11.1 Å². The Morgan fingerprint density at radius 3 is 2.50 bits per heavy atom. The van der Waals surface area contributed by atoms with Crippen LogP contribution in [0.15, 0.2) is 89.3 Å². The second kappa shape index (κ2) is 8.61. The van der Waals surface area contributed by atoms with Crippen molar-refractivity contribution in [3.8, 4) is 5.75 Å². The minimum absolute atomic E-state index is 0.0260. The second-order valence-corrected chi connectivity index (χ2v) is 9.34. The fourth-order valence-electron chi connectivity index (χ4n) is 5.08. The number of para-hydroxylation sites is 1. The zero-order valence-electron chi connectivity index (χ0n) is 19.4. The molecule has 1 atom stereocenters. The highest BCUT2D eigenvalue weighted by Gasteiger charge is 2.56. The first-order valence-corrected chi connectivity index (χ1v) is 11.9. The molecule has 2 N–H and O–H groups in total. The Morgan fingerprint density at radius 2 is 1.76 bits per heavy atom. The predicted molar refractivity (Wildman–Crippen MR) is 131 cm³/mol. The highest BCUT2D eigenvalue weighted by Crippen LogP contribution is 2.51. The third-order valence-electron chi connectivity index (χ3n) is 6.79. The Labute approximate surface area is 219 Å². The standard InChI is InChI=1S/C28H17ClF2N2O5/c29-16-8-5-14(6-9-16)24(34)21-23(22-25(35)17-3-1-2-4-20(17)38-27(22)36)28(37,33-12-11-32-26(21)33)15-7-10-18(30)19(31)13-15/h1-10,13,32,37H,11-12H2/b23-22+. The van der Waals surface area contributed by atoms with Crippen molar-refractivity contribution >= 4 is 29.1 Å². The molecule has 1 fully saturated rings. The SMILES string of the molecule is O=C1Oc2ccccc2C(=O)/C1=C1/C(C(=O)c2ccc(Cl)cc2)=C2NCCN2C1(O)c1ccc(F)c(F)c1. The quantitative estimate of drug-likeness (QED) is 0.173. The first kappa shape index (κ1) is 24.0. The van der Waals surface area contributed by atoms with Gasteiger partial charge in [-0.2, -0.15) is 0 Å². The van der Waals surface area contributed by atoms with Crippen LogP contribution in [0.1, 0.15) is 26.3 Å². The molecule has 38 heavy (non-hydrogen) atoms. The average Bonchev–Trinajstić information content (AvgIpc) is 3.47. The predicted octanol–water partition coefficient (Wildman–Crippen LogP) is 3.88. The van der Waals surface area contributed by atoms with E-state index in [1.165, 1.54) is 41.3 Å². The summed E-state index contributed by atoms with van der Waals surface area (Å²) >= 11 is 5.99. The number of halogens is 3. The zero-order valence-corrected chi connectivity index (χ0v) is 20.2. The van der Waals surface area contributed by atoms with Gasteiger partial charge in [0.2, 0.25) is 5.78 Å². The third kappa shape index (κ3) is 3.39. The molecular formula is C28H17ClF2N2O5. The van der Waals surface area contributed by atoms with E-state index in [0.29, 0.717) is 11.6 Å². The Hall–Kier alpha value is -4.34. The van der Waals surface area contributed by atoms with Gasteiger partial charge in [0.1, 0.15) is 17.1 Å². The maximum Gasteiger partial charge on any atom is 0.348 e. The Balaban J connectivity index is 1.67. The lowest BCUT2D eigenvalue weighted by atomic mass is 9.82. The van der Waals surface area contributed by atoms with Crippen molar-refractivity contribution in [1.82, 2.24) is 10.2 Å². The number of nitrogens with zero attached hydrogens (tertiary/aromatic N) is 1. The summed E-state index contributed by atoms with van der Waals surface area (Å²) in [7, 11) is 0. The van der Waals surface area contributed by atoms with Crippen molar-refractivity contribution in [2.75, 3.05) is 13.1 Å². The number of nitrogens with one attached hydrogen (secondary N) is 1. The molecule has 6 rings (SSSR count). The van der Waals surface area contributed by atoms with E-state index in [-0.39, 0.29) is 46.0 Å². The summed E-state index contributed by atoms with van der Waals surface area (Å²) in [5, 5.41) is 15.7. The van der Waals surface area contributed by atoms with Crippen molar-refractivity contribution in [2.45, 2.75) is 5.72 Å². The van der Waals surface area contributed by atoms with Crippen molar-refractivity contribution < 1.29 is 33.0 Å². The molecule has 0 saturated carbocycles. The molecule has 1 unspecified atom stereocenters. The molecule has 1 saturated heterocycles. The number of benzene rings is 3. The largest absolute Gasteiger partial charge is 0.422 e. The molecule has 7 nitrogen and oxygen atoms in total. The van der Waals surface area contributed by atoms with Crippen LogP contribution in [0.3, 0.4) is 0 Å². The number of carbonyl (C=O) groups excluding carboxylic acids is 3. The highest BCUT2D eigenvalue weighted by atomic mass is 35.5. The number of hydrogen-bond donors (Lipinski definition) is 2. The van der Waals surface area contributed by atoms with Gasteiger partial charge in [0.15, 0.2) is 23.1 Å². The van der Waals surface area contributed by atoms with Crippen molar-refractivity contribution in [3.05, 3.63) is 123 Å². The van der Waals surface area contributed by atoms with Gasteiger partial charge in [0, 0.05) is 34.8 Å². The summed E-state index contributed by atoms with van der Waals surface area (Å²) in [6, 6.07) is 14.7. The summed E-state index contributed by atoms with van der Waals surface area (Å²) < 4.78 is 33.7. The molecule has 3 aromatic carbocycles. The highest BCUT2D eigenvalue weighted by molar-refractivity contribution is 6.31. The fourth-order valence-corrected chi connectivity index (χ4v) is 5.21. The monoisotopic (exact) mass is 534 g/mol. The first-order valence-electron chi connectivity index (χ1n) is 11.6. The lowest BCUT2D eigenvalue weighted by molar-refractivity contribution is -0.130. The summed E-state index contributed by atoms with van der Waals surface area (Å²) in [5.41, 5.74) is -3.50. The van der Waals surface area contributed by atoms with Gasteiger partial charge < -0.3 is 20.1 Å². The number of Topliss-reactive ketones (excluding diaryl/α,β-unsaturated/α-hetero) is 2. The van der Waals surface area contributed by atoms with Crippen LogP contribution in [0, 0.1) is 11.6 Å². The number of aliphatic hydroxyl groups is 1.